The van der Waals surface area contributed by atoms with Crippen LogP contribution >= 0.6 is 11.8 Å². The lowest BCUT2D eigenvalue weighted by atomic mass is 10.3. The highest BCUT2D eigenvalue weighted by Crippen LogP contribution is 2.29. The normalized spacial score (nSPS) is 11.2. The van der Waals surface area contributed by atoms with E-state index in [2.05, 4.69) is 9.97 Å². The summed E-state index contributed by atoms with van der Waals surface area (Å²) in [4.78, 5) is 19.0. The number of pyridine rings is 2. The molecule has 0 saturated heterocycles. The standard InChI is InChI=1S/C12H10N2O4S2/c1-20(17,18)9-3-2-5-14-11(9)19-10-7-8(12(15)16)4-6-13-10/h2-7H,1H3,(H,15,16). The summed E-state index contributed by atoms with van der Waals surface area (Å²) in [7, 11) is -3.41. The van der Waals surface area contributed by atoms with Crippen LogP contribution in [0.25, 0.3) is 0 Å². The number of hydrogen-bond acceptors (Lipinski definition) is 6. The van der Waals surface area contributed by atoms with Crippen LogP contribution in [0.5, 0.6) is 0 Å². The van der Waals surface area contributed by atoms with E-state index in [1.807, 2.05) is 0 Å². The van der Waals surface area contributed by atoms with E-state index < -0.39 is 15.8 Å². The van der Waals surface area contributed by atoms with Gasteiger partial charge in [-0.2, -0.15) is 0 Å². The molecule has 0 fully saturated rings. The molecule has 0 radical (unpaired) electrons. The van der Waals surface area contributed by atoms with Crippen molar-refractivity contribution >= 4 is 27.6 Å². The molecule has 0 aliphatic rings. The maximum atomic E-state index is 11.7. The lowest BCUT2D eigenvalue weighted by Crippen LogP contribution is -2.01. The first-order valence-corrected chi connectivity index (χ1v) is 8.11. The van der Waals surface area contributed by atoms with Gasteiger partial charge in [-0.15, -0.1) is 0 Å². The summed E-state index contributed by atoms with van der Waals surface area (Å²) < 4.78 is 23.3. The van der Waals surface area contributed by atoms with Crippen LogP contribution in [0.2, 0.25) is 0 Å². The van der Waals surface area contributed by atoms with Gasteiger partial charge in [-0.25, -0.2) is 23.2 Å². The fourth-order valence-electron chi connectivity index (χ4n) is 1.43. The van der Waals surface area contributed by atoms with Crippen LogP contribution in [0.1, 0.15) is 10.4 Å². The first-order valence-electron chi connectivity index (χ1n) is 5.40. The smallest absolute Gasteiger partial charge is 0.335 e. The zero-order chi connectivity index (χ0) is 14.8. The number of aromatic carboxylic acids is 1. The van der Waals surface area contributed by atoms with Gasteiger partial charge in [0.2, 0.25) is 0 Å². The van der Waals surface area contributed by atoms with Gasteiger partial charge in [-0.1, -0.05) is 0 Å². The van der Waals surface area contributed by atoms with Gasteiger partial charge in [0.05, 0.1) is 10.5 Å². The molecule has 0 aliphatic heterocycles. The molecule has 0 amide bonds. The summed E-state index contributed by atoms with van der Waals surface area (Å²) in [6, 6.07) is 5.71. The molecule has 6 nitrogen and oxygen atoms in total. The molecule has 2 aromatic heterocycles. The van der Waals surface area contributed by atoms with E-state index in [4.69, 9.17) is 5.11 Å². The minimum absolute atomic E-state index is 0.0827. The second kappa shape index (κ2) is 5.59. The molecule has 2 aromatic rings. The molecule has 8 heteroatoms. The van der Waals surface area contributed by atoms with Gasteiger partial charge in [0.1, 0.15) is 10.1 Å². The van der Waals surface area contributed by atoms with Crippen molar-refractivity contribution in [3.05, 3.63) is 42.2 Å². The molecule has 1 N–H and O–H groups in total. The highest BCUT2D eigenvalue weighted by Gasteiger charge is 2.16. The highest BCUT2D eigenvalue weighted by atomic mass is 32.2. The first-order chi connectivity index (χ1) is 9.38. The molecule has 0 aromatic carbocycles. The number of nitrogens with zero attached hydrogens (tertiary/aromatic N) is 2. The summed E-state index contributed by atoms with van der Waals surface area (Å²) in [6.45, 7) is 0. The molecule has 0 unspecified atom stereocenters. The van der Waals surface area contributed by atoms with E-state index >= 15 is 0 Å². The lowest BCUT2D eigenvalue weighted by Gasteiger charge is -2.05. The van der Waals surface area contributed by atoms with Crippen molar-refractivity contribution in [3.63, 3.8) is 0 Å². The minimum atomic E-state index is -3.41. The molecule has 0 bridgehead atoms. The van der Waals surface area contributed by atoms with Crippen molar-refractivity contribution in [1.82, 2.24) is 9.97 Å². The predicted molar refractivity (Wildman–Crippen MR) is 72.7 cm³/mol. The van der Waals surface area contributed by atoms with Gasteiger partial charge in [0.25, 0.3) is 0 Å². The Labute approximate surface area is 119 Å². The van der Waals surface area contributed by atoms with E-state index in [0.717, 1.165) is 18.0 Å². The quantitative estimate of drug-likeness (QED) is 0.918. The third-order valence-corrected chi connectivity index (χ3v) is 4.53. The molecular weight excluding hydrogens is 300 g/mol. The Balaban J connectivity index is 2.41. The number of sulfone groups is 1. The van der Waals surface area contributed by atoms with Crippen LogP contribution in [0.15, 0.2) is 51.6 Å². The van der Waals surface area contributed by atoms with Gasteiger partial charge >= 0.3 is 5.97 Å². The van der Waals surface area contributed by atoms with Gasteiger partial charge < -0.3 is 5.11 Å². The van der Waals surface area contributed by atoms with Gasteiger partial charge in [-0.3, -0.25) is 0 Å². The summed E-state index contributed by atoms with van der Waals surface area (Å²) >= 11 is 1.01. The Morgan fingerprint density at radius 3 is 2.65 bits per heavy atom. The SMILES string of the molecule is CS(=O)(=O)c1cccnc1Sc1cc(C(=O)O)ccn1. The topological polar surface area (TPSA) is 97.2 Å². The summed E-state index contributed by atoms with van der Waals surface area (Å²) in [6.07, 6.45) is 3.92. The maximum absolute atomic E-state index is 11.7. The monoisotopic (exact) mass is 310 g/mol. The molecule has 0 atom stereocenters. The molecule has 104 valence electrons. The van der Waals surface area contributed by atoms with Crippen molar-refractivity contribution in [1.29, 1.82) is 0 Å². The third kappa shape index (κ3) is 3.34. The largest absolute Gasteiger partial charge is 0.478 e. The van der Waals surface area contributed by atoms with E-state index in [1.54, 1.807) is 0 Å². The molecule has 20 heavy (non-hydrogen) atoms. The highest BCUT2D eigenvalue weighted by molar-refractivity contribution is 8.00. The minimum Gasteiger partial charge on any atom is -0.478 e. The van der Waals surface area contributed by atoms with Crippen LogP contribution in [-0.2, 0) is 9.84 Å². The van der Waals surface area contributed by atoms with Crippen LogP contribution in [0.3, 0.4) is 0 Å². The molecule has 2 heterocycles. The predicted octanol–water partition coefficient (Wildman–Crippen LogP) is 1.73. The summed E-state index contributed by atoms with van der Waals surface area (Å²) in [5.41, 5.74) is 0.0827. The zero-order valence-electron chi connectivity index (χ0n) is 10.3. The number of carbonyl (C=O) groups is 1. The summed E-state index contributed by atoms with van der Waals surface area (Å²) in [5.74, 6) is -1.07. The van der Waals surface area contributed by atoms with Crippen molar-refractivity contribution < 1.29 is 18.3 Å². The molecule has 0 aliphatic carbocycles. The molecule has 2 rings (SSSR count). The van der Waals surface area contributed by atoms with Crippen molar-refractivity contribution in [3.8, 4) is 0 Å². The average Bonchev–Trinajstić information content (AvgIpc) is 2.38. The number of rotatable bonds is 4. The van der Waals surface area contributed by atoms with Crippen molar-refractivity contribution in [2.24, 2.45) is 0 Å². The molecular formula is C12H10N2O4S2. The number of hydrogen-bond donors (Lipinski definition) is 1. The maximum Gasteiger partial charge on any atom is 0.335 e. The van der Waals surface area contributed by atoms with E-state index in [9.17, 15) is 13.2 Å². The first kappa shape index (κ1) is 14.5. The summed E-state index contributed by atoms with van der Waals surface area (Å²) in [5, 5.41) is 9.55. The van der Waals surface area contributed by atoms with Gasteiger partial charge in [-0.05, 0) is 36.0 Å². The Kier molecular flexibility index (Phi) is 4.05. The lowest BCUT2D eigenvalue weighted by molar-refractivity contribution is 0.0696. The molecule has 0 saturated carbocycles. The fourth-order valence-corrected chi connectivity index (χ4v) is 3.49. The van der Waals surface area contributed by atoms with Crippen LogP contribution in [0.4, 0.5) is 0 Å². The second-order valence-electron chi connectivity index (χ2n) is 3.87. The number of carboxylic acid groups (broad SMARTS) is 1. The second-order valence-corrected chi connectivity index (χ2v) is 6.86. The Bertz CT molecular complexity index is 760. The van der Waals surface area contributed by atoms with Gasteiger partial charge in [0.15, 0.2) is 9.84 Å². The van der Waals surface area contributed by atoms with Gasteiger partial charge in [0, 0.05) is 18.6 Å². The van der Waals surface area contributed by atoms with E-state index in [0.29, 0.717) is 5.03 Å². The Morgan fingerprint density at radius 2 is 2.00 bits per heavy atom. The van der Waals surface area contributed by atoms with Crippen LogP contribution < -0.4 is 0 Å². The number of aromatic nitrogens is 2. The van der Waals surface area contributed by atoms with E-state index in [-0.39, 0.29) is 15.5 Å². The fraction of sp³-hybridized carbons (Fsp3) is 0.0833. The Morgan fingerprint density at radius 1 is 1.25 bits per heavy atom. The van der Waals surface area contributed by atoms with E-state index in [1.165, 1.54) is 36.7 Å². The van der Waals surface area contributed by atoms with Crippen LogP contribution in [0, 0.1) is 0 Å². The third-order valence-electron chi connectivity index (χ3n) is 2.32. The zero-order valence-corrected chi connectivity index (χ0v) is 12.0. The van der Waals surface area contributed by atoms with Crippen LogP contribution in [-0.4, -0.2) is 35.7 Å². The Hall–Kier alpha value is -1.93. The average molecular weight is 310 g/mol. The van der Waals surface area contributed by atoms with Crippen molar-refractivity contribution in [2.45, 2.75) is 14.9 Å². The van der Waals surface area contributed by atoms with Crippen molar-refractivity contribution in [2.75, 3.05) is 6.26 Å². The number of carboxylic acids is 1. The molecule has 0 spiro atoms.